The van der Waals surface area contributed by atoms with Crippen molar-refractivity contribution in [2.45, 2.75) is 0 Å². The third kappa shape index (κ3) is 4.48. The highest BCUT2D eigenvalue weighted by atomic mass is 35.5. The fraction of sp³-hybridized carbons (Fsp3) is 0.208. The van der Waals surface area contributed by atoms with Gasteiger partial charge in [-0.3, -0.25) is 14.2 Å². The van der Waals surface area contributed by atoms with Crippen LogP contribution in [0.4, 0.5) is 4.39 Å². The van der Waals surface area contributed by atoms with Gasteiger partial charge in [0.05, 0.1) is 35.6 Å². The zero-order valence-electron chi connectivity index (χ0n) is 18.1. The number of thiazole rings is 1. The van der Waals surface area contributed by atoms with Gasteiger partial charge in [0.15, 0.2) is 5.57 Å². The molecule has 1 aliphatic rings. The zero-order valence-corrected chi connectivity index (χ0v) is 19.7. The van der Waals surface area contributed by atoms with E-state index in [9.17, 15) is 19.2 Å². The summed E-state index contributed by atoms with van der Waals surface area (Å²) in [6.45, 7) is 1.38. The van der Waals surface area contributed by atoms with Gasteiger partial charge in [0.25, 0.3) is 11.5 Å². The van der Waals surface area contributed by atoms with Gasteiger partial charge < -0.3 is 14.4 Å². The van der Waals surface area contributed by atoms with Crippen molar-refractivity contribution in [2.75, 3.05) is 33.4 Å². The number of hydrogen-bond donors (Lipinski definition) is 0. The maximum atomic E-state index is 14.4. The molecule has 34 heavy (non-hydrogen) atoms. The van der Waals surface area contributed by atoms with Crippen molar-refractivity contribution < 1.29 is 18.7 Å². The molecule has 10 heteroatoms. The fourth-order valence-corrected chi connectivity index (χ4v) is 4.86. The second kappa shape index (κ2) is 10.2. The first-order chi connectivity index (χ1) is 16.5. The summed E-state index contributed by atoms with van der Waals surface area (Å²) in [5, 5.41) is 10.1. The number of carbonyl (C=O) groups excluding carboxylic acids is 1. The molecule has 2 aromatic carbocycles. The van der Waals surface area contributed by atoms with E-state index in [4.69, 9.17) is 21.1 Å². The molecule has 174 valence electrons. The Labute approximate surface area is 203 Å². The molecule has 0 N–H and O–H groups in total. The van der Waals surface area contributed by atoms with E-state index in [2.05, 4.69) is 0 Å². The Bertz CT molecular complexity index is 1450. The van der Waals surface area contributed by atoms with E-state index in [-0.39, 0.29) is 25.4 Å². The molecule has 1 fully saturated rings. The maximum absolute atomic E-state index is 14.4. The lowest BCUT2D eigenvalue weighted by Crippen LogP contribution is -2.42. The van der Waals surface area contributed by atoms with Crippen LogP contribution in [-0.2, 0) is 9.53 Å². The normalized spacial score (nSPS) is 15.1. The minimum Gasteiger partial charge on any atom is -0.495 e. The summed E-state index contributed by atoms with van der Waals surface area (Å²) in [6, 6.07) is 12.9. The van der Waals surface area contributed by atoms with Crippen LogP contribution in [0.5, 0.6) is 5.75 Å². The Balaban J connectivity index is 2.07. The predicted molar refractivity (Wildman–Crippen MR) is 127 cm³/mol. The van der Waals surface area contributed by atoms with Crippen LogP contribution in [0.25, 0.3) is 17.3 Å². The lowest BCUT2D eigenvalue weighted by Gasteiger charge is -2.26. The molecule has 0 unspecified atom stereocenters. The first-order valence-corrected chi connectivity index (χ1v) is 11.5. The van der Waals surface area contributed by atoms with E-state index in [1.807, 2.05) is 6.07 Å². The van der Waals surface area contributed by atoms with Crippen LogP contribution in [0, 0.1) is 17.1 Å². The van der Waals surface area contributed by atoms with E-state index in [0.717, 1.165) is 11.3 Å². The summed E-state index contributed by atoms with van der Waals surface area (Å²) in [5.41, 5.74) is -0.345. The Hall–Kier alpha value is -3.45. The van der Waals surface area contributed by atoms with Crippen molar-refractivity contribution >= 4 is 40.5 Å². The van der Waals surface area contributed by atoms with Crippen molar-refractivity contribution in [2.24, 2.45) is 0 Å². The van der Waals surface area contributed by atoms with Crippen LogP contribution >= 0.6 is 22.9 Å². The summed E-state index contributed by atoms with van der Waals surface area (Å²) >= 11 is 7.07. The van der Waals surface area contributed by atoms with E-state index in [1.165, 1.54) is 40.9 Å². The number of ether oxygens (including phenoxy) is 2. The fourth-order valence-electron chi connectivity index (χ4n) is 3.57. The molecule has 2 heterocycles. The minimum absolute atomic E-state index is 0.0410. The van der Waals surface area contributed by atoms with Gasteiger partial charge in [-0.2, -0.15) is 5.26 Å². The summed E-state index contributed by atoms with van der Waals surface area (Å²) in [5.74, 6) is -0.735. The number of carbonyl (C=O) groups is 1. The predicted octanol–water partition coefficient (Wildman–Crippen LogP) is 2.06. The SMILES string of the molecule is COc1ccccc1-n1c(=O)/c(=C\c2c(F)cccc2Cl)s/c1=C(/C#N)C(=O)N1CCOCC1. The molecule has 0 atom stereocenters. The number of hydrogen-bond acceptors (Lipinski definition) is 6. The standard InChI is InChI=1S/C24H19ClFN3O4S/c1-32-20-8-3-2-7-19(20)29-23(31)21(13-15-17(25)5-4-6-18(15)26)34-24(29)16(14-27)22(30)28-9-11-33-12-10-28/h2-8,13H,9-12H2,1H3/b21-13+,24-16-. The van der Waals surface area contributed by atoms with E-state index < -0.39 is 17.3 Å². The van der Waals surface area contributed by atoms with Crippen LogP contribution in [0.2, 0.25) is 5.02 Å². The molecule has 0 bridgehead atoms. The van der Waals surface area contributed by atoms with E-state index in [0.29, 0.717) is 37.7 Å². The molecule has 1 saturated heterocycles. The number of methoxy groups -OCH3 is 1. The number of morpholine rings is 1. The van der Waals surface area contributed by atoms with Crippen LogP contribution in [0.1, 0.15) is 5.56 Å². The average molecular weight is 500 g/mol. The smallest absolute Gasteiger partial charge is 0.273 e. The van der Waals surface area contributed by atoms with Crippen molar-refractivity contribution in [1.82, 2.24) is 9.47 Å². The molecule has 7 nitrogen and oxygen atoms in total. The van der Waals surface area contributed by atoms with Crippen molar-refractivity contribution in [3.63, 3.8) is 0 Å². The number of para-hydroxylation sites is 2. The summed E-state index contributed by atoms with van der Waals surface area (Å²) < 4.78 is 26.6. The second-order valence-corrected chi connectivity index (χ2v) is 8.69. The molecule has 4 rings (SSSR count). The van der Waals surface area contributed by atoms with Crippen molar-refractivity contribution in [3.8, 4) is 17.5 Å². The summed E-state index contributed by atoms with van der Waals surface area (Å²) in [6.07, 6.45) is 1.33. The first kappa shape index (κ1) is 23.7. The Kier molecular flexibility index (Phi) is 7.12. The highest BCUT2D eigenvalue weighted by Gasteiger charge is 2.24. The first-order valence-electron chi connectivity index (χ1n) is 10.3. The minimum atomic E-state index is -0.598. The highest BCUT2D eigenvalue weighted by molar-refractivity contribution is 7.07. The Morgan fingerprint density at radius 1 is 1.24 bits per heavy atom. The van der Waals surface area contributed by atoms with E-state index in [1.54, 1.807) is 24.3 Å². The maximum Gasteiger partial charge on any atom is 0.273 e. The molecule has 0 radical (unpaired) electrons. The molecule has 0 aliphatic carbocycles. The third-order valence-corrected chi connectivity index (χ3v) is 6.68. The van der Waals surface area contributed by atoms with Crippen LogP contribution in [0.3, 0.4) is 0 Å². The second-order valence-electron chi connectivity index (χ2n) is 7.25. The number of nitriles is 1. The largest absolute Gasteiger partial charge is 0.495 e. The molecule has 1 aromatic heterocycles. The van der Waals surface area contributed by atoms with Crippen LogP contribution in [0.15, 0.2) is 47.3 Å². The lowest BCUT2D eigenvalue weighted by molar-refractivity contribution is -0.128. The van der Waals surface area contributed by atoms with Crippen LogP contribution < -0.4 is 19.5 Å². The topological polar surface area (TPSA) is 84.6 Å². The van der Waals surface area contributed by atoms with Crippen molar-refractivity contribution in [3.05, 3.63) is 78.4 Å². The number of halogens is 2. The van der Waals surface area contributed by atoms with Gasteiger partial charge >= 0.3 is 0 Å². The molecular formula is C24H19ClFN3O4S. The van der Waals surface area contributed by atoms with Crippen LogP contribution in [-0.4, -0.2) is 48.8 Å². The monoisotopic (exact) mass is 499 g/mol. The molecule has 1 aliphatic heterocycles. The van der Waals surface area contributed by atoms with Gasteiger partial charge in [-0.05, 0) is 30.3 Å². The van der Waals surface area contributed by atoms with Gasteiger partial charge in [-0.1, -0.05) is 29.8 Å². The molecular weight excluding hydrogens is 481 g/mol. The molecule has 3 aromatic rings. The summed E-state index contributed by atoms with van der Waals surface area (Å²) in [7, 11) is 1.45. The zero-order chi connectivity index (χ0) is 24.2. The van der Waals surface area contributed by atoms with Gasteiger partial charge in [0.1, 0.15) is 22.3 Å². The molecule has 1 amide bonds. The summed E-state index contributed by atoms with van der Waals surface area (Å²) in [4.78, 5) is 28.3. The third-order valence-electron chi connectivity index (χ3n) is 5.26. The van der Waals surface area contributed by atoms with E-state index >= 15 is 0 Å². The Morgan fingerprint density at radius 3 is 2.65 bits per heavy atom. The van der Waals surface area contributed by atoms with Gasteiger partial charge in [0.2, 0.25) is 0 Å². The number of amides is 1. The number of nitrogens with zero attached hydrogens (tertiary/aromatic N) is 3. The van der Waals surface area contributed by atoms with Gasteiger partial charge in [-0.25, -0.2) is 4.39 Å². The number of aromatic nitrogens is 1. The molecule has 0 spiro atoms. The average Bonchev–Trinajstić information content (AvgIpc) is 3.17. The lowest BCUT2D eigenvalue weighted by atomic mass is 10.2. The Morgan fingerprint density at radius 2 is 1.97 bits per heavy atom. The quantitative estimate of drug-likeness (QED) is 0.548. The van der Waals surface area contributed by atoms with Crippen molar-refractivity contribution in [1.29, 1.82) is 5.26 Å². The van der Waals surface area contributed by atoms with Gasteiger partial charge in [0, 0.05) is 18.7 Å². The molecule has 0 saturated carbocycles. The number of rotatable bonds is 4. The highest BCUT2D eigenvalue weighted by Crippen LogP contribution is 2.21. The van der Waals surface area contributed by atoms with Gasteiger partial charge in [-0.15, -0.1) is 11.3 Å². The number of benzene rings is 2.